The number of aromatic carboxylic acids is 1. The number of imidazole rings is 1. The van der Waals surface area contributed by atoms with Crippen molar-refractivity contribution in [2.75, 3.05) is 0 Å². The quantitative estimate of drug-likeness (QED) is 0.821. The van der Waals surface area contributed by atoms with Gasteiger partial charge in [-0.2, -0.15) is 0 Å². The van der Waals surface area contributed by atoms with E-state index in [-0.39, 0.29) is 11.3 Å². The number of carboxylic acids is 1. The van der Waals surface area contributed by atoms with Crippen LogP contribution in [-0.4, -0.2) is 26.2 Å². The second-order valence-corrected chi connectivity index (χ2v) is 3.36. The molecule has 0 unspecified atom stereocenters. The van der Waals surface area contributed by atoms with Crippen LogP contribution in [0.15, 0.2) is 10.9 Å². The van der Waals surface area contributed by atoms with E-state index in [4.69, 9.17) is 9.63 Å². The molecule has 6 heteroatoms. The van der Waals surface area contributed by atoms with E-state index >= 15 is 0 Å². The Balaban J connectivity index is 2.62. The van der Waals surface area contributed by atoms with Crippen molar-refractivity contribution in [1.29, 1.82) is 0 Å². The lowest BCUT2D eigenvalue weighted by Crippen LogP contribution is -2.01. The first-order chi connectivity index (χ1) is 7.65. The van der Waals surface area contributed by atoms with Gasteiger partial charge in [0.15, 0.2) is 5.76 Å². The van der Waals surface area contributed by atoms with Crippen LogP contribution in [0, 0.1) is 6.92 Å². The summed E-state index contributed by atoms with van der Waals surface area (Å²) in [5.41, 5.74) is 1.65. The number of carbonyl (C=O) groups is 1. The molecule has 2 N–H and O–H groups in total. The van der Waals surface area contributed by atoms with E-state index in [1.807, 2.05) is 6.92 Å². The highest BCUT2D eigenvalue weighted by molar-refractivity contribution is 5.95. The van der Waals surface area contributed by atoms with Crippen LogP contribution >= 0.6 is 0 Å². The smallest absolute Gasteiger partial charge is 0.341 e. The van der Waals surface area contributed by atoms with Crippen molar-refractivity contribution in [3.8, 4) is 11.4 Å². The SMILES string of the molecule is CCc1onc(-c2nc[nH]c2C)c1C(=O)O. The maximum absolute atomic E-state index is 11.1. The highest BCUT2D eigenvalue weighted by atomic mass is 16.5. The molecule has 16 heavy (non-hydrogen) atoms. The van der Waals surface area contributed by atoms with Crippen LogP contribution in [0.4, 0.5) is 0 Å². The van der Waals surface area contributed by atoms with Crippen molar-refractivity contribution >= 4 is 5.97 Å². The molecular formula is C10H11N3O3. The molecule has 0 radical (unpaired) electrons. The summed E-state index contributed by atoms with van der Waals surface area (Å²) in [7, 11) is 0. The molecule has 0 spiro atoms. The normalized spacial score (nSPS) is 10.6. The number of H-pyrrole nitrogens is 1. The lowest BCUT2D eigenvalue weighted by molar-refractivity contribution is 0.0695. The first-order valence-corrected chi connectivity index (χ1v) is 4.87. The van der Waals surface area contributed by atoms with E-state index in [1.165, 1.54) is 6.33 Å². The predicted molar refractivity (Wildman–Crippen MR) is 55.2 cm³/mol. The maximum atomic E-state index is 11.1. The largest absolute Gasteiger partial charge is 0.477 e. The van der Waals surface area contributed by atoms with Crippen molar-refractivity contribution < 1.29 is 14.4 Å². The van der Waals surface area contributed by atoms with E-state index in [0.717, 1.165) is 5.69 Å². The number of carboxylic acid groups (broad SMARTS) is 1. The molecule has 0 fully saturated rings. The second kappa shape index (κ2) is 3.80. The topological polar surface area (TPSA) is 92.0 Å². The van der Waals surface area contributed by atoms with Gasteiger partial charge in [-0.1, -0.05) is 12.1 Å². The van der Waals surface area contributed by atoms with Gasteiger partial charge in [0.05, 0.1) is 6.33 Å². The van der Waals surface area contributed by atoms with Gasteiger partial charge in [-0.3, -0.25) is 0 Å². The minimum absolute atomic E-state index is 0.0951. The van der Waals surface area contributed by atoms with E-state index in [0.29, 0.717) is 17.9 Å². The van der Waals surface area contributed by atoms with Gasteiger partial charge in [-0.25, -0.2) is 9.78 Å². The van der Waals surface area contributed by atoms with Crippen LogP contribution in [0.1, 0.15) is 28.7 Å². The zero-order chi connectivity index (χ0) is 11.7. The summed E-state index contributed by atoms with van der Waals surface area (Å²) in [5, 5.41) is 12.9. The molecule has 84 valence electrons. The molecule has 0 aromatic carbocycles. The van der Waals surface area contributed by atoms with Gasteiger partial charge in [0.25, 0.3) is 0 Å². The number of hydrogen-bond acceptors (Lipinski definition) is 4. The zero-order valence-electron chi connectivity index (χ0n) is 8.94. The number of aromatic amines is 1. The number of aromatic nitrogens is 3. The van der Waals surface area contributed by atoms with Crippen LogP contribution in [0.2, 0.25) is 0 Å². The van der Waals surface area contributed by atoms with Gasteiger partial charge < -0.3 is 14.6 Å². The molecule has 0 saturated heterocycles. The lowest BCUT2D eigenvalue weighted by Gasteiger charge is -1.95. The van der Waals surface area contributed by atoms with E-state index < -0.39 is 5.97 Å². The van der Waals surface area contributed by atoms with Gasteiger partial charge in [0, 0.05) is 12.1 Å². The molecule has 0 aliphatic carbocycles. The molecule has 0 atom stereocenters. The Morgan fingerprint density at radius 3 is 2.81 bits per heavy atom. The summed E-state index contributed by atoms with van der Waals surface area (Å²) < 4.78 is 5.00. The fraction of sp³-hybridized carbons (Fsp3) is 0.300. The number of rotatable bonds is 3. The van der Waals surface area contributed by atoms with Gasteiger partial charge in [-0.05, 0) is 6.92 Å². The lowest BCUT2D eigenvalue weighted by atomic mass is 10.1. The molecule has 6 nitrogen and oxygen atoms in total. The molecule has 0 bridgehead atoms. The van der Waals surface area contributed by atoms with Crippen molar-refractivity contribution in [3.63, 3.8) is 0 Å². The summed E-state index contributed by atoms with van der Waals surface area (Å²) in [5.74, 6) is -0.680. The Morgan fingerprint density at radius 2 is 2.31 bits per heavy atom. The Bertz CT molecular complexity index is 527. The Labute approximate surface area is 91.3 Å². The van der Waals surface area contributed by atoms with Gasteiger partial charge in [-0.15, -0.1) is 0 Å². The standard InChI is InChI=1S/C10H11N3O3/c1-3-6-7(10(14)15)9(13-16-6)8-5(2)11-4-12-8/h4H,3H2,1-2H3,(H,11,12)(H,14,15). The molecule has 0 amide bonds. The fourth-order valence-corrected chi connectivity index (χ4v) is 1.55. The van der Waals surface area contributed by atoms with Crippen LogP contribution in [-0.2, 0) is 6.42 Å². The predicted octanol–water partition coefficient (Wildman–Crippen LogP) is 1.63. The minimum Gasteiger partial charge on any atom is -0.477 e. The third kappa shape index (κ3) is 1.48. The highest BCUT2D eigenvalue weighted by Crippen LogP contribution is 2.26. The first-order valence-electron chi connectivity index (χ1n) is 4.87. The first kappa shape index (κ1) is 10.4. The number of hydrogen-bond donors (Lipinski definition) is 2. The molecule has 2 aromatic rings. The molecule has 2 aromatic heterocycles. The van der Waals surface area contributed by atoms with Gasteiger partial charge >= 0.3 is 5.97 Å². The summed E-state index contributed by atoms with van der Waals surface area (Å²) in [6.45, 7) is 3.61. The number of nitrogens with one attached hydrogen (secondary N) is 1. The average molecular weight is 221 g/mol. The van der Waals surface area contributed by atoms with Gasteiger partial charge in [0.2, 0.25) is 0 Å². The third-order valence-corrected chi connectivity index (χ3v) is 2.35. The van der Waals surface area contributed by atoms with Crippen molar-refractivity contribution in [2.45, 2.75) is 20.3 Å². The van der Waals surface area contributed by atoms with Crippen LogP contribution < -0.4 is 0 Å². The third-order valence-electron chi connectivity index (χ3n) is 2.35. The van der Waals surface area contributed by atoms with Gasteiger partial charge in [0.1, 0.15) is 17.0 Å². The Hall–Kier alpha value is -2.11. The fourth-order valence-electron chi connectivity index (χ4n) is 1.55. The maximum Gasteiger partial charge on any atom is 0.341 e. The summed E-state index contributed by atoms with van der Waals surface area (Å²) in [6, 6.07) is 0. The summed E-state index contributed by atoms with van der Waals surface area (Å²) >= 11 is 0. The Kier molecular flexibility index (Phi) is 2.47. The van der Waals surface area contributed by atoms with E-state index in [1.54, 1.807) is 6.92 Å². The number of nitrogens with zero attached hydrogens (tertiary/aromatic N) is 2. The average Bonchev–Trinajstić information content (AvgIpc) is 2.82. The molecular weight excluding hydrogens is 210 g/mol. The highest BCUT2D eigenvalue weighted by Gasteiger charge is 2.24. The minimum atomic E-state index is -1.05. The molecule has 0 aliphatic rings. The van der Waals surface area contributed by atoms with Crippen molar-refractivity contribution in [3.05, 3.63) is 23.3 Å². The second-order valence-electron chi connectivity index (χ2n) is 3.36. The van der Waals surface area contributed by atoms with Crippen LogP contribution in [0.5, 0.6) is 0 Å². The molecule has 2 heterocycles. The molecule has 0 aliphatic heterocycles. The summed E-state index contributed by atoms with van der Waals surface area (Å²) in [4.78, 5) is 18.0. The summed E-state index contributed by atoms with van der Waals surface area (Å²) in [6.07, 6.45) is 1.98. The number of aryl methyl sites for hydroxylation is 2. The van der Waals surface area contributed by atoms with Crippen LogP contribution in [0.3, 0.4) is 0 Å². The Morgan fingerprint density at radius 1 is 1.56 bits per heavy atom. The van der Waals surface area contributed by atoms with Crippen LogP contribution in [0.25, 0.3) is 11.4 Å². The zero-order valence-corrected chi connectivity index (χ0v) is 8.94. The van der Waals surface area contributed by atoms with E-state index in [9.17, 15) is 4.79 Å². The van der Waals surface area contributed by atoms with Crippen molar-refractivity contribution in [1.82, 2.24) is 15.1 Å². The van der Waals surface area contributed by atoms with E-state index in [2.05, 4.69) is 15.1 Å². The monoisotopic (exact) mass is 221 g/mol. The molecule has 0 saturated carbocycles. The van der Waals surface area contributed by atoms with Crippen molar-refractivity contribution in [2.24, 2.45) is 0 Å². The molecule has 2 rings (SSSR count).